The molecule has 1 aromatic rings. The van der Waals surface area contributed by atoms with Gasteiger partial charge in [-0.05, 0) is 37.5 Å². The van der Waals surface area contributed by atoms with Crippen LogP contribution in [-0.4, -0.2) is 35.9 Å². The fraction of sp³-hybridized carbons (Fsp3) is 0.467. The maximum atomic E-state index is 11.9. The van der Waals surface area contributed by atoms with Gasteiger partial charge in [-0.25, -0.2) is 4.79 Å². The molecule has 2 atom stereocenters. The molecule has 3 N–H and O–H groups in total. The molecule has 1 saturated heterocycles. The van der Waals surface area contributed by atoms with Gasteiger partial charge in [-0.2, -0.15) is 0 Å². The molecule has 0 saturated carbocycles. The van der Waals surface area contributed by atoms with Gasteiger partial charge in [-0.1, -0.05) is 12.1 Å². The normalized spacial score (nSPS) is 19.0. The van der Waals surface area contributed by atoms with Crippen LogP contribution in [0.2, 0.25) is 0 Å². The van der Waals surface area contributed by atoms with Crippen molar-refractivity contribution in [2.75, 3.05) is 11.9 Å². The molecular formula is C15H20N2O4. The van der Waals surface area contributed by atoms with Gasteiger partial charge in [0.25, 0.3) is 0 Å². The lowest BCUT2D eigenvalue weighted by atomic mass is 10.1. The first-order valence-corrected chi connectivity index (χ1v) is 7.04. The van der Waals surface area contributed by atoms with Crippen LogP contribution in [-0.2, 0) is 16.0 Å². The molecule has 1 aliphatic rings. The highest BCUT2D eigenvalue weighted by molar-refractivity contribution is 5.89. The average Bonchev–Trinajstić information content (AvgIpc) is 2.94. The van der Waals surface area contributed by atoms with Crippen molar-refractivity contribution in [2.45, 2.75) is 38.3 Å². The highest BCUT2D eigenvalue weighted by Gasteiger charge is 2.23. The van der Waals surface area contributed by atoms with E-state index in [1.807, 2.05) is 6.92 Å². The van der Waals surface area contributed by atoms with E-state index in [-0.39, 0.29) is 24.6 Å². The fourth-order valence-electron chi connectivity index (χ4n) is 2.34. The second-order valence-electron chi connectivity index (χ2n) is 5.21. The van der Waals surface area contributed by atoms with Gasteiger partial charge in [0.1, 0.15) is 0 Å². The van der Waals surface area contributed by atoms with Gasteiger partial charge in [-0.15, -0.1) is 0 Å². The molecule has 1 heterocycles. The van der Waals surface area contributed by atoms with Crippen molar-refractivity contribution < 1.29 is 19.4 Å². The molecule has 6 heteroatoms. The quantitative estimate of drug-likeness (QED) is 0.774. The van der Waals surface area contributed by atoms with Crippen molar-refractivity contribution in [3.63, 3.8) is 0 Å². The molecular weight excluding hydrogens is 272 g/mol. The number of carboxylic acids is 1. The molecule has 6 nitrogen and oxygen atoms in total. The number of urea groups is 1. The zero-order valence-corrected chi connectivity index (χ0v) is 12.0. The summed E-state index contributed by atoms with van der Waals surface area (Å²) in [6.07, 6.45) is 2.05. The maximum absolute atomic E-state index is 11.9. The zero-order chi connectivity index (χ0) is 15.2. The number of rotatable bonds is 5. The summed E-state index contributed by atoms with van der Waals surface area (Å²) < 4.78 is 5.52. The Bertz CT molecular complexity index is 495. The van der Waals surface area contributed by atoms with E-state index in [2.05, 4.69) is 10.6 Å². The second kappa shape index (κ2) is 7.08. The van der Waals surface area contributed by atoms with Crippen LogP contribution in [0.25, 0.3) is 0 Å². The second-order valence-corrected chi connectivity index (χ2v) is 5.21. The zero-order valence-electron chi connectivity index (χ0n) is 12.0. The van der Waals surface area contributed by atoms with Crippen molar-refractivity contribution >= 4 is 17.7 Å². The average molecular weight is 292 g/mol. The molecule has 0 aliphatic carbocycles. The maximum Gasteiger partial charge on any atom is 0.319 e. The summed E-state index contributed by atoms with van der Waals surface area (Å²) in [5.41, 5.74) is 1.32. The van der Waals surface area contributed by atoms with Crippen LogP contribution in [0.15, 0.2) is 24.3 Å². The SMILES string of the molecule is CC(NC(=O)Nc1ccc(CC(=O)O)cc1)C1CCCO1. The minimum absolute atomic E-state index is 0.0253. The van der Waals surface area contributed by atoms with E-state index in [1.165, 1.54) is 0 Å². The largest absolute Gasteiger partial charge is 0.481 e. The first-order chi connectivity index (χ1) is 10.0. The number of hydrogen-bond donors (Lipinski definition) is 3. The Balaban J connectivity index is 1.83. The molecule has 2 amide bonds. The van der Waals surface area contributed by atoms with Crippen molar-refractivity contribution in [1.82, 2.24) is 5.32 Å². The Morgan fingerprint density at radius 2 is 2.10 bits per heavy atom. The number of aliphatic carboxylic acids is 1. The summed E-state index contributed by atoms with van der Waals surface area (Å²) in [6, 6.07) is 6.42. The van der Waals surface area contributed by atoms with E-state index < -0.39 is 5.97 Å². The van der Waals surface area contributed by atoms with Gasteiger partial charge in [0.15, 0.2) is 0 Å². The molecule has 1 aromatic carbocycles. The number of nitrogens with one attached hydrogen (secondary N) is 2. The number of anilines is 1. The smallest absolute Gasteiger partial charge is 0.319 e. The Morgan fingerprint density at radius 3 is 2.67 bits per heavy atom. The summed E-state index contributed by atoms with van der Waals surface area (Å²) in [4.78, 5) is 22.5. The van der Waals surface area contributed by atoms with E-state index in [9.17, 15) is 9.59 Å². The molecule has 0 bridgehead atoms. The van der Waals surface area contributed by atoms with Crippen LogP contribution in [0.1, 0.15) is 25.3 Å². The van der Waals surface area contributed by atoms with Crippen LogP contribution in [0.4, 0.5) is 10.5 Å². The Kier molecular flexibility index (Phi) is 5.16. The van der Waals surface area contributed by atoms with Gasteiger partial charge >= 0.3 is 12.0 Å². The molecule has 2 unspecified atom stereocenters. The van der Waals surface area contributed by atoms with E-state index in [0.29, 0.717) is 11.3 Å². The number of carbonyl (C=O) groups excluding carboxylic acids is 1. The fourth-order valence-corrected chi connectivity index (χ4v) is 2.34. The van der Waals surface area contributed by atoms with Crippen LogP contribution in [0.5, 0.6) is 0 Å². The van der Waals surface area contributed by atoms with E-state index >= 15 is 0 Å². The lowest BCUT2D eigenvalue weighted by molar-refractivity contribution is -0.136. The molecule has 0 radical (unpaired) electrons. The molecule has 2 rings (SSSR count). The lowest BCUT2D eigenvalue weighted by Crippen LogP contribution is -2.42. The summed E-state index contributed by atoms with van der Waals surface area (Å²) in [5.74, 6) is -0.876. The molecule has 1 fully saturated rings. The standard InChI is InChI=1S/C15H20N2O4/c1-10(13-3-2-8-21-13)16-15(20)17-12-6-4-11(5-7-12)9-14(18)19/h4-7,10,13H,2-3,8-9H2,1H3,(H,18,19)(H2,16,17,20). The first kappa shape index (κ1) is 15.3. The summed E-state index contributed by atoms with van der Waals surface area (Å²) in [5, 5.41) is 14.3. The number of ether oxygens (including phenoxy) is 1. The molecule has 114 valence electrons. The number of carboxylic acid groups (broad SMARTS) is 1. The molecule has 0 spiro atoms. The van der Waals surface area contributed by atoms with E-state index in [0.717, 1.165) is 19.4 Å². The monoisotopic (exact) mass is 292 g/mol. The third-order valence-corrected chi connectivity index (χ3v) is 3.45. The van der Waals surface area contributed by atoms with Crippen molar-refractivity contribution in [3.8, 4) is 0 Å². The highest BCUT2D eigenvalue weighted by atomic mass is 16.5. The lowest BCUT2D eigenvalue weighted by Gasteiger charge is -2.20. The number of benzene rings is 1. The number of hydrogen-bond acceptors (Lipinski definition) is 3. The highest BCUT2D eigenvalue weighted by Crippen LogP contribution is 2.15. The third kappa shape index (κ3) is 4.75. The minimum atomic E-state index is -0.876. The van der Waals surface area contributed by atoms with Gasteiger partial charge in [-0.3, -0.25) is 4.79 Å². The Labute approximate surface area is 123 Å². The van der Waals surface area contributed by atoms with Crippen LogP contribution in [0, 0.1) is 0 Å². The molecule has 21 heavy (non-hydrogen) atoms. The van der Waals surface area contributed by atoms with Crippen molar-refractivity contribution in [1.29, 1.82) is 0 Å². The van der Waals surface area contributed by atoms with Gasteiger partial charge in [0.2, 0.25) is 0 Å². The van der Waals surface area contributed by atoms with E-state index in [1.54, 1.807) is 24.3 Å². The Hall–Kier alpha value is -2.08. The van der Waals surface area contributed by atoms with Crippen LogP contribution >= 0.6 is 0 Å². The predicted molar refractivity (Wildman–Crippen MR) is 78.4 cm³/mol. The van der Waals surface area contributed by atoms with Crippen molar-refractivity contribution in [3.05, 3.63) is 29.8 Å². The van der Waals surface area contributed by atoms with Crippen LogP contribution in [0.3, 0.4) is 0 Å². The summed E-state index contributed by atoms with van der Waals surface area (Å²) in [6.45, 7) is 2.68. The van der Waals surface area contributed by atoms with Crippen molar-refractivity contribution in [2.24, 2.45) is 0 Å². The van der Waals surface area contributed by atoms with Gasteiger partial charge in [0.05, 0.1) is 18.6 Å². The summed E-state index contributed by atoms with van der Waals surface area (Å²) in [7, 11) is 0. The topological polar surface area (TPSA) is 87.7 Å². The van der Waals surface area contributed by atoms with Gasteiger partial charge < -0.3 is 20.5 Å². The molecule has 0 aromatic heterocycles. The number of carbonyl (C=O) groups is 2. The first-order valence-electron chi connectivity index (χ1n) is 7.04. The summed E-state index contributed by atoms with van der Waals surface area (Å²) >= 11 is 0. The molecule has 1 aliphatic heterocycles. The minimum Gasteiger partial charge on any atom is -0.481 e. The number of amides is 2. The van der Waals surface area contributed by atoms with Gasteiger partial charge in [0, 0.05) is 12.3 Å². The third-order valence-electron chi connectivity index (χ3n) is 3.45. The predicted octanol–water partition coefficient (Wildman–Crippen LogP) is 2.00. The Morgan fingerprint density at radius 1 is 1.38 bits per heavy atom. The van der Waals surface area contributed by atoms with E-state index in [4.69, 9.17) is 9.84 Å². The van der Waals surface area contributed by atoms with Crippen LogP contribution < -0.4 is 10.6 Å².